The van der Waals surface area contributed by atoms with Crippen LogP contribution in [-0.2, 0) is 21.4 Å². The molecule has 2 N–H and O–H groups in total. The van der Waals surface area contributed by atoms with Crippen molar-refractivity contribution in [1.82, 2.24) is 9.62 Å². The van der Waals surface area contributed by atoms with Crippen molar-refractivity contribution in [2.45, 2.75) is 74.7 Å². The summed E-state index contributed by atoms with van der Waals surface area (Å²) in [6, 6.07) is 14.6. The number of nitrogens with zero attached hydrogens (tertiary/aromatic N) is 1. The van der Waals surface area contributed by atoms with Crippen molar-refractivity contribution in [1.29, 1.82) is 0 Å². The fourth-order valence-electron chi connectivity index (χ4n) is 5.28. The summed E-state index contributed by atoms with van der Waals surface area (Å²) in [6.07, 6.45) is 5.13. The van der Waals surface area contributed by atoms with Crippen molar-refractivity contribution in [3.63, 3.8) is 0 Å². The molecular weight excluding hydrogens is 480 g/mol. The number of carboxylic acid groups (broad SMARTS) is 1. The van der Waals surface area contributed by atoms with Crippen molar-refractivity contribution in [3.05, 3.63) is 54.1 Å². The van der Waals surface area contributed by atoms with Gasteiger partial charge in [-0.25, -0.2) is 8.42 Å². The molecular formula is C27H36N2O4S2. The Kier molecular flexibility index (Phi) is 7.95. The summed E-state index contributed by atoms with van der Waals surface area (Å²) < 4.78 is 27.1. The van der Waals surface area contributed by atoms with Gasteiger partial charge in [0, 0.05) is 29.6 Å². The molecule has 1 aliphatic carbocycles. The maximum absolute atomic E-state index is 13.4. The number of hydrogen-bond donors (Lipinski definition) is 2. The van der Waals surface area contributed by atoms with Crippen LogP contribution in [0.25, 0.3) is 11.1 Å². The number of hydrogen-bond acceptors (Lipinski definition) is 5. The van der Waals surface area contributed by atoms with Gasteiger partial charge < -0.3 is 10.4 Å². The molecule has 3 atom stereocenters. The maximum atomic E-state index is 13.4. The number of rotatable bonds is 7. The number of carbonyl (C=O) groups is 1. The molecule has 2 aliphatic rings. The summed E-state index contributed by atoms with van der Waals surface area (Å²) in [5.74, 6) is 0.246. The van der Waals surface area contributed by atoms with Crippen molar-refractivity contribution in [3.8, 4) is 11.1 Å². The number of aliphatic carboxylic acids is 1. The minimum Gasteiger partial charge on any atom is -0.480 e. The van der Waals surface area contributed by atoms with Gasteiger partial charge in [0.25, 0.3) is 0 Å². The fourth-order valence-corrected chi connectivity index (χ4v) is 8.38. The molecule has 1 saturated heterocycles. The topological polar surface area (TPSA) is 86.7 Å². The Morgan fingerprint density at radius 1 is 1.09 bits per heavy atom. The van der Waals surface area contributed by atoms with Crippen LogP contribution in [-0.4, -0.2) is 52.9 Å². The van der Waals surface area contributed by atoms with Crippen LogP contribution in [0, 0.1) is 5.92 Å². The minimum absolute atomic E-state index is 0.123. The number of benzene rings is 2. The molecule has 0 amide bonds. The van der Waals surface area contributed by atoms with Gasteiger partial charge in [-0.2, -0.15) is 16.1 Å². The molecule has 2 aromatic carbocycles. The monoisotopic (exact) mass is 516 g/mol. The summed E-state index contributed by atoms with van der Waals surface area (Å²) >= 11 is 1.49. The van der Waals surface area contributed by atoms with E-state index in [1.165, 1.54) is 43.0 Å². The summed E-state index contributed by atoms with van der Waals surface area (Å²) in [5, 5.41) is 13.5. The van der Waals surface area contributed by atoms with Gasteiger partial charge >= 0.3 is 5.97 Å². The first-order chi connectivity index (χ1) is 16.6. The lowest BCUT2D eigenvalue weighted by molar-refractivity contribution is -0.142. The van der Waals surface area contributed by atoms with Crippen LogP contribution in [0.4, 0.5) is 0 Å². The molecule has 8 heteroatoms. The Hall–Kier alpha value is -1.87. The largest absolute Gasteiger partial charge is 0.480 e. The summed E-state index contributed by atoms with van der Waals surface area (Å²) in [6.45, 7) is 6.94. The van der Waals surface area contributed by atoms with Crippen molar-refractivity contribution >= 4 is 27.8 Å². The zero-order chi connectivity index (χ0) is 25.2. The summed E-state index contributed by atoms with van der Waals surface area (Å²) in [7, 11) is -3.92. The molecule has 0 spiro atoms. The van der Waals surface area contributed by atoms with Crippen molar-refractivity contribution in [2.24, 2.45) is 5.92 Å². The third-order valence-electron chi connectivity index (χ3n) is 7.25. The zero-order valence-electron chi connectivity index (χ0n) is 20.7. The quantitative estimate of drug-likeness (QED) is 0.539. The van der Waals surface area contributed by atoms with Crippen molar-refractivity contribution < 1.29 is 18.3 Å². The molecule has 6 nitrogen and oxygen atoms in total. The molecule has 2 unspecified atom stereocenters. The van der Waals surface area contributed by atoms with E-state index < -0.39 is 26.8 Å². The molecule has 190 valence electrons. The van der Waals surface area contributed by atoms with Crippen LogP contribution >= 0.6 is 11.8 Å². The van der Waals surface area contributed by atoms with E-state index in [-0.39, 0.29) is 11.4 Å². The van der Waals surface area contributed by atoms with Gasteiger partial charge in [0.05, 0.1) is 4.90 Å². The molecule has 0 bridgehead atoms. The van der Waals surface area contributed by atoms with Gasteiger partial charge in [-0.1, -0.05) is 56.2 Å². The average Bonchev–Trinajstić information content (AvgIpc) is 2.82. The second-order valence-corrected chi connectivity index (χ2v) is 14.0. The predicted octanol–water partition coefficient (Wildman–Crippen LogP) is 4.99. The highest BCUT2D eigenvalue weighted by molar-refractivity contribution is 8.00. The highest BCUT2D eigenvalue weighted by atomic mass is 32.2. The third kappa shape index (κ3) is 5.93. The molecule has 2 aromatic rings. The normalized spacial score (nSPS) is 25.3. The number of nitrogens with one attached hydrogen (secondary N) is 1. The lowest BCUT2D eigenvalue weighted by Gasteiger charge is -2.42. The van der Waals surface area contributed by atoms with Crippen LogP contribution in [0.3, 0.4) is 0 Å². The van der Waals surface area contributed by atoms with Gasteiger partial charge in [0.2, 0.25) is 10.0 Å². The van der Waals surface area contributed by atoms with E-state index in [1.807, 2.05) is 0 Å². The molecule has 0 aromatic heterocycles. The minimum atomic E-state index is -3.92. The van der Waals surface area contributed by atoms with E-state index in [9.17, 15) is 18.3 Å². The van der Waals surface area contributed by atoms with Gasteiger partial charge in [0.1, 0.15) is 6.04 Å². The fraction of sp³-hybridized carbons (Fsp3) is 0.519. The standard InChI is InChI=1S/C27H36N2O4S2/c1-19-5-4-6-23(17-19)28-18-20-7-9-21(10-8-20)22-11-13-24(14-12-22)35(32,33)29-15-16-34-27(2,3)25(29)26(30)31/h7-14,19,23,25,28H,4-6,15-18H2,1-3H3,(H,30,31)/t19?,23?,25-/m0/s1. The lowest BCUT2D eigenvalue weighted by Crippen LogP contribution is -2.58. The van der Waals surface area contributed by atoms with E-state index in [1.54, 1.807) is 38.1 Å². The smallest absolute Gasteiger partial charge is 0.323 e. The third-order valence-corrected chi connectivity index (χ3v) is 10.5. The number of thioether (sulfide) groups is 1. The van der Waals surface area contributed by atoms with Crippen LogP contribution in [0.1, 0.15) is 52.0 Å². The molecule has 1 heterocycles. The van der Waals surface area contributed by atoms with E-state index in [4.69, 9.17) is 0 Å². The molecule has 1 aliphatic heterocycles. The predicted molar refractivity (Wildman–Crippen MR) is 142 cm³/mol. The van der Waals surface area contributed by atoms with Gasteiger partial charge in [-0.3, -0.25) is 4.79 Å². The Morgan fingerprint density at radius 2 is 1.71 bits per heavy atom. The average molecular weight is 517 g/mol. The zero-order valence-corrected chi connectivity index (χ0v) is 22.4. The van der Waals surface area contributed by atoms with Crippen LogP contribution < -0.4 is 5.32 Å². The SMILES string of the molecule is CC1CCCC(NCc2ccc(-c3ccc(S(=O)(=O)N4CCSC(C)(C)[C@@H]4C(=O)O)cc3)cc2)C1. The van der Waals surface area contributed by atoms with E-state index in [2.05, 4.69) is 36.5 Å². The molecule has 2 fully saturated rings. The molecule has 1 saturated carbocycles. The summed E-state index contributed by atoms with van der Waals surface area (Å²) in [4.78, 5) is 12.1. The molecule has 0 radical (unpaired) electrons. The van der Waals surface area contributed by atoms with Crippen molar-refractivity contribution in [2.75, 3.05) is 12.3 Å². The maximum Gasteiger partial charge on any atom is 0.323 e. The van der Waals surface area contributed by atoms with Gasteiger partial charge in [-0.15, -0.1) is 0 Å². The molecule has 35 heavy (non-hydrogen) atoms. The number of carboxylic acids is 1. The first-order valence-electron chi connectivity index (χ1n) is 12.4. The Morgan fingerprint density at radius 3 is 2.31 bits per heavy atom. The van der Waals surface area contributed by atoms with Gasteiger partial charge in [-0.05, 0) is 61.4 Å². The van der Waals surface area contributed by atoms with E-state index in [0.717, 1.165) is 27.9 Å². The van der Waals surface area contributed by atoms with Crippen LogP contribution in [0.2, 0.25) is 0 Å². The number of sulfonamides is 1. The summed E-state index contributed by atoms with van der Waals surface area (Å²) in [5.41, 5.74) is 3.17. The Bertz CT molecular complexity index is 1130. The highest BCUT2D eigenvalue weighted by Crippen LogP contribution is 2.38. The second-order valence-electron chi connectivity index (χ2n) is 10.4. The lowest BCUT2D eigenvalue weighted by atomic mass is 9.87. The molecule has 4 rings (SSSR count). The Labute approximate surface area is 213 Å². The van der Waals surface area contributed by atoms with E-state index in [0.29, 0.717) is 11.8 Å². The Balaban J connectivity index is 1.45. The second kappa shape index (κ2) is 10.6. The highest BCUT2D eigenvalue weighted by Gasteiger charge is 2.48. The first-order valence-corrected chi connectivity index (χ1v) is 14.8. The first kappa shape index (κ1) is 26.2. The van der Waals surface area contributed by atoms with E-state index >= 15 is 0 Å². The van der Waals surface area contributed by atoms with Gasteiger partial charge in [0.15, 0.2) is 0 Å². The van der Waals surface area contributed by atoms with Crippen LogP contribution in [0.15, 0.2) is 53.4 Å². The van der Waals surface area contributed by atoms with Crippen LogP contribution in [0.5, 0.6) is 0 Å².